The maximum atomic E-state index is 5.30. The van der Waals surface area contributed by atoms with Gasteiger partial charge in [0.25, 0.3) is 0 Å². The van der Waals surface area contributed by atoms with Crippen LogP contribution in [0.25, 0.3) is 0 Å². The molecule has 3 nitrogen and oxygen atoms in total. The first-order chi connectivity index (χ1) is 9.24. The standard InChI is InChI=1S/C16H17NO2/c1-12-9-15(18-2)16(19-3)10-13(12)11-17-14-7-5-4-6-8-14/h4-11H,1-3H3. The second-order valence-corrected chi connectivity index (χ2v) is 4.16. The van der Waals surface area contributed by atoms with Crippen molar-refractivity contribution in [2.75, 3.05) is 14.2 Å². The first-order valence-electron chi connectivity index (χ1n) is 6.06. The first kappa shape index (κ1) is 13.1. The number of para-hydroxylation sites is 1. The van der Waals surface area contributed by atoms with E-state index in [1.165, 1.54) is 0 Å². The van der Waals surface area contributed by atoms with Gasteiger partial charge < -0.3 is 9.47 Å². The van der Waals surface area contributed by atoms with Crippen LogP contribution in [-0.4, -0.2) is 20.4 Å². The molecule has 19 heavy (non-hydrogen) atoms. The molecule has 0 fully saturated rings. The number of aliphatic imine (C=N–C) groups is 1. The highest BCUT2D eigenvalue weighted by atomic mass is 16.5. The summed E-state index contributed by atoms with van der Waals surface area (Å²) < 4.78 is 10.6. The summed E-state index contributed by atoms with van der Waals surface area (Å²) in [6, 6.07) is 13.7. The fraction of sp³-hybridized carbons (Fsp3) is 0.188. The highest BCUT2D eigenvalue weighted by molar-refractivity contribution is 5.85. The Morgan fingerprint density at radius 2 is 1.58 bits per heavy atom. The Balaban J connectivity index is 2.33. The normalized spacial score (nSPS) is 10.7. The van der Waals surface area contributed by atoms with E-state index in [0.29, 0.717) is 5.75 Å². The summed E-state index contributed by atoms with van der Waals surface area (Å²) in [6.07, 6.45) is 1.84. The van der Waals surface area contributed by atoms with E-state index in [-0.39, 0.29) is 0 Å². The Bertz CT molecular complexity index is 577. The van der Waals surface area contributed by atoms with E-state index in [9.17, 15) is 0 Å². The predicted molar refractivity (Wildman–Crippen MR) is 78.0 cm³/mol. The van der Waals surface area contributed by atoms with Crippen LogP contribution in [0.1, 0.15) is 11.1 Å². The molecule has 0 aliphatic rings. The zero-order valence-electron chi connectivity index (χ0n) is 11.4. The molecule has 2 aromatic rings. The summed E-state index contributed by atoms with van der Waals surface area (Å²) in [5.74, 6) is 1.44. The van der Waals surface area contributed by atoms with E-state index in [0.717, 1.165) is 22.6 Å². The molecule has 0 bridgehead atoms. The molecule has 0 saturated heterocycles. The Kier molecular flexibility index (Phi) is 4.18. The molecular formula is C16H17NO2. The van der Waals surface area contributed by atoms with Crippen molar-refractivity contribution in [3.63, 3.8) is 0 Å². The first-order valence-corrected chi connectivity index (χ1v) is 6.06. The number of ether oxygens (including phenoxy) is 2. The van der Waals surface area contributed by atoms with Crippen molar-refractivity contribution in [1.29, 1.82) is 0 Å². The number of methoxy groups -OCH3 is 2. The van der Waals surface area contributed by atoms with Gasteiger partial charge in [-0.15, -0.1) is 0 Å². The van der Waals surface area contributed by atoms with Crippen LogP contribution in [0.2, 0.25) is 0 Å². The van der Waals surface area contributed by atoms with Crippen LogP contribution in [0, 0.1) is 6.92 Å². The summed E-state index contributed by atoms with van der Waals surface area (Å²) in [5, 5.41) is 0. The molecule has 0 unspecified atom stereocenters. The lowest BCUT2D eigenvalue weighted by Crippen LogP contribution is -1.95. The van der Waals surface area contributed by atoms with Gasteiger partial charge in [-0.05, 0) is 42.3 Å². The van der Waals surface area contributed by atoms with Gasteiger partial charge in [0.15, 0.2) is 11.5 Å². The second-order valence-electron chi connectivity index (χ2n) is 4.16. The van der Waals surface area contributed by atoms with Crippen LogP contribution in [0.3, 0.4) is 0 Å². The fourth-order valence-corrected chi connectivity index (χ4v) is 1.79. The molecule has 0 aromatic heterocycles. The number of nitrogens with zero attached hydrogens (tertiary/aromatic N) is 1. The minimum atomic E-state index is 0.711. The lowest BCUT2D eigenvalue weighted by molar-refractivity contribution is 0.354. The number of benzene rings is 2. The topological polar surface area (TPSA) is 30.8 Å². The second kappa shape index (κ2) is 6.05. The average Bonchev–Trinajstić information content (AvgIpc) is 2.46. The van der Waals surface area contributed by atoms with Crippen LogP contribution >= 0.6 is 0 Å². The SMILES string of the molecule is COc1cc(C)c(C=Nc2ccccc2)cc1OC. The monoisotopic (exact) mass is 255 g/mol. The molecule has 0 spiro atoms. The molecule has 0 heterocycles. The number of hydrogen-bond donors (Lipinski definition) is 0. The molecular weight excluding hydrogens is 238 g/mol. The van der Waals surface area contributed by atoms with E-state index in [1.54, 1.807) is 14.2 Å². The molecule has 0 N–H and O–H groups in total. The Labute approximate surface area is 113 Å². The molecule has 0 atom stereocenters. The number of aryl methyl sites for hydroxylation is 1. The van der Waals surface area contributed by atoms with Crippen molar-refractivity contribution in [3.8, 4) is 11.5 Å². The molecule has 0 saturated carbocycles. The number of rotatable bonds is 4. The summed E-state index contributed by atoms with van der Waals surface area (Å²) >= 11 is 0. The van der Waals surface area contributed by atoms with E-state index in [4.69, 9.17) is 9.47 Å². The lowest BCUT2D eigenvalue weighted by Gasteiger charge is -2.10. The van der Waals surface area contributed by atoms with Crippen LogP contribution in [0.5, 0.6) is 11.5 Å². The maximum absolute atomic E-state index is 5.30. The minimum absolute atomic E-state index is 0.711. The molecule has 0 aliphatic carbocycles. The maximum Gasteiger partial charge on any atom is 0.161 e. The smallest absolute Gasteiger partial charge is 0.161 e. The van der Waals surface area contributed by atoms with Crippen molar-refractivity contribution < 1.29 is 9.47 Å². The van der Waals surface area contributed by atoms with Gasteiger partial charge in [0.1, 0.15) is 0 Å². The summed E-state index contributed by atoms with van der Waals surface area (Å²) in [7, 11) is 3.26. The van der Waals surface area contributed by atoms with E-state index < -0.39 is 0 Å². The summed E-state index contributed by atoms with van der Waals surface area (Å²) in [4.78, 5) is 4.45. The Morgan fingerprint density at radius 3 is 2.21 bits per heavy atom. The molecule has 3 heteroatoms. The van der Waals surface area contributed by atoms with Crippen molar-refractivity contribution >= 4 is 11.9 Å². The van der Waals surface area contributed by atoms with Gasteiger partial charge in [-0.25, -0.2) is 0 Å². The third-order valence-corrected chi connectivity index (χ3v) is 2.88. The van der Waals surface area contributed by atoms with Crippen molar-refractivity contribution in [2.24, 2.45) is 4.99 Å². The van der Waals surface area contributed by atoms with Gasteiger partial charge in [-0.1, -0.05) is 18.2 Å². The third-order valence-electron chi connectivity index (χ3n) is 2.88. The Hall–Kier alpha value is -2.29. The van der Waals surface area contributed by atoms with Gasteiger partial charge >= 0.3 is 0 Å². The molecule has 2 rings (SSSR count). The predicted octanol–water partition coefficient (Wildman–Crippen LogP) is 3.76. The minimum Gasteiger partial charge on any atom is -0.493 e. The van der Waals surface area contributed by atoms with E-state index >= 15 is 0 Å². The highest BCUT2D eigenvalue weighted by Gasteiger charge is 2.06. The highest BCUT2D eigenvalue weighted by Crippen LogP contribution is 2.29. The molecule has 0 amide bonds. The van der Waals surface area contributed by atoms with Crippen molar-refractivity contribution in [1.82, 2.24) is 0 Å². The molecule has 0 radical (unpaired) electrons. The van der Waals surface area contributed by atoms with Gasteiger partial charge in [0.2, 0.25) is 0 Å². The van der Waals surface area contributed by atoms with Crippen LogP contribution in [-0.2, 0) is 0 Å². The van der Waals surface area contributed by atoms with Crippen LogP contribution < -0.4 is 9.47 Å². The Morgan fingerprint density at radius 1 is 0.947 bits per heavy atom. The molecule has 2 aromatic carbocycles. The van der Waals surface area contributed by atoms with Gasteiger partial charge in [-0.2, -0.15) is 0 Å². The van der Waals surface area contributed by atoms with Crippen LogP contribution in [0.15, 0.2) is 47.5 Å². The van der Waals surface area contributed by atoms with E-state index in [2.05, 4.69) is 4.99 Å². The van der Waals surface area contributed by atoms with Gasteiger partial charge in [-0.3, -0.25) is 4.99 Å². The largest absolute Gasteiger partial charge is 0.493 e. The zero-order valence-corrected chi connectivity index (χ0v) is 11.4. The van der Waals surface area contributed by atoms with Gasteiger partial charge in [0, 0.05) is 6.21 Å². The molecule has 98 valence electrons. The van der Waals surface area contributed by atoms with Gasteiger partial charge in [0.05, 0.1) is 19.9 Å². The lowest BCUT2D eigenvalue weighted by atomic mass is 10.1. The average molecular weight is 255 g/mol. The van der Waals surface area contributed by atoms with Crippen molar-refractivity contribution in [3.05, 3.63) is 53.6 Å². The zero-order chi connectivity index (χ0) is 13.7. The quantitative estimate of drug-likeness (QED) is 0.779. The summed E-state index contributed by atoms with van der Waals surface area (Å²) in [6.45, 7) is 2.02. The third kappa shape index (κ3) is 3.13. The summed E-state index contributed by atoms with van der Waals surface area (Å²) in [5.41, 5.74) is 3.04. The fourth-order valence-electron chi connectivity index (χ4n) is 1.79. The number of hydrogen-bond acceptors (Lipinski definition) is 3. The van der Waals surface area contributed by atoms with Crippen molar-refractivity contribution in [2.45, 2.75) is 6.92 Å². The van der Waals surface area contributed by atoms with E-state index in [1.807, 2.05) is 55.6 Å². The molecule has 0 aliphatic heterocycles. The van der Waals surface area contributed by atoms with Crippen LogP contribution in [0.4, 0.5) is 5.69 Å².